The summed E-state index contributed by atoms with van der Waals surface area (Å²) in [6.07, 6.45) is 1.24. The Hall–Kier alpha value is -1.42. The first-order valence-electron chi connectivity index (χ1n) is 4.51. The molecule has 1 saturated carbocycles. The third kappa shape index (κ3) is 1.28. The van der Waals surface area contributed by atoms with E-state index in [4.69, 9.17) is 0 Å². The van der Waals surface area contributed by atoms with Crippen molar-refractivity contribution in [3.8, 4) is 0 Å². The van der Waals surface area contributed by atoms with Gasteiger partial charge in [-0.15, -0.1) is 0 Å². The summed E-state index contributed by atoms with van der Waals surface area (Å²) in [5.74, 6) is 0. The molecule has 1 aromatic carbocycles. The van der Waals surface area contributed by atoms with E-state index in [9.17, 15) is 15.2 Å². The lowest BCUT2D eigenvalue weighted by Gasteiger charge is -2.09. The van der Waals surface area contributed by atoms with Gasteiger partial charge >= 0.3 is 0 Å². The second kappa shape index (κ2) is 2.78. The summed E-state index contributed by atoms with van der Waals surface area (Å²) in [7, 11) is 0. The van der Waals surface area contributed by atoms with E-state index in [-0.39, 0.29) is 5.69 Å². The number of benzene rings is 1. The molecule has 1 aliphatic rings. The maximum atomic E-state index is 10.8. The van der Waals surface area contributed by atoms with Crippen molar-refractivity contribution in [3.63, 3.8) is 0 Å². The van der Waals surface area contributed by atoms with E-state index in [1.54, 1.807) is 25.1 Å². The van der Waals surface area contributed by atoms with Crippen molar-refractivity contribution < 1.29 is 10.0 Å². The molecule has 0 amide bonds. The van der Waals surface area contributed by atoms with E-state index in [1.165, 1.54) is 0 Å². The van der Waals surface area contributed by atoms with Gasteiger partial charge in [-0.2, -0.15) is 0 Å². The zero-order valence-electron chi connectivity index (χ0n) is 7.86. The smallest absolute Gasteiger partial charge is 0.278 e. The van der Waals surface area contributed by atoms with Crippen molar-refractivity contribution >= 4 is 5.69 Å². The van der Waals surface area contributed by atoms with Gasteiger partial charge in [0, 0.05) is 5.56 Å². The molecule has 2 rings (SSSR count). The molecule has 14 heavy (non-hydrogen) atoms. The lowest BCUT2D eigenvalue weighted by molar-refractivity contribution is -0.386. The standard InChI is InChI=1S/C10H11NO3/c1-7-3-2-4-8(9(7)11(13)14)10(12)5-6-10/h2-4,12H,5-6H2,1H3. The number of hydrogen-bond acceptors (Lipinski definition) is 3. The fraction of sp³-hybridized carbons (Fsp3) is 0.400. The van der Waals surface area contributed by atoms with Crippen LogP contribution in [-0.2, 0) is 5.60 Å². The molecule has 0 heterocycles. The van der Waals surface area contributed by atoms with E-state index in [0.717, 1.165) is 0 Å². The second-order valence-corrected chi connectivity index (χ2v) is 3.76. The van der Waals surface area contributed by atoms with Crippen molar-refractivity contribution in [3.05, 3.63) is 39.4 Å². The highest BCUT2D eigenvalue weighted by molar-refractivity contribution is 5.51. The molecule has 0 spiro atoms. The van der Waals surface area contributed by atoms with Crippen LogP contribution in [-0.4, -0.2) is 10.0 Å². The number of nitrogens with zero attached hydrogens (tertiary/aromatic N) is 1. The fourth-order valence-corrected chi connectivity index (χ4v) is 1.66. The van der Waals surface area contributed by atoms with Crippen LogP contribution in [0.25, 0.3) is 0 Å². The third-order valence-corrected chi connectivity index (χ3v) is 2.65. The first-order valence-corrected chi connectivity index (χ1v) is 4.51. The molecule has 0 aromatic heterocycles. The molecule has 0 aliphatic heterocycles. The van der Waals surface area contributed by atoms with Crippen LogP contribution in [0.3, 0.4) is 0 Å². The first kappa shape index (κ1) is 9.15. The van der Waals surface area contributed by atoms with Crippen LogP contribution in [0, 0.1) is 17.0 Å². The van der Waals surface area contributed by atoms with Gasteiger partial charge in [0.2, 0.25) is 0 Å². The second-order valence-electron chi connectivity index (χ2n) is 3.76. The molecule has 0 radical (unpaired) electrons. The normalized spacial score (nSPS) is 17.9. The lowest BCUT2D eigenvalue weighted by Crippen LogP contribution is -2.09. The molecule has 0 atom stereocenters. The molecule has 1 aliphatic carbocycles. The molecular formula is C10H11NO3. The molecular weight excluding hydrogens is 182 g/mol. The van der Waals surface area contributed by atoms with E-state index in [2.05, 4.69) is 0 Å². The van der Waals surface area contributed by atoms with Gasteiger partial charge in [-0.3, -0.25) is 10.1 Å². The Bertz CT molecular complexity index is 396. The van der Waals surface area contributed by atoms with Crippen molar-refractivity contribution in [2.75, 3.05) is 0 Å². The van der Waals surface area contributed by atoms with Crippen LogP contribution in [0.5, 0.6) is 0 Å². The van der Waals surface area contributed by atoms with Crippen LogP contribution in [0.2, 0.25) is 0 Å². The number of aliphatic hydroxyl groups is 1. The number of nitro groups is 1. The average molecular weight is 193 g/mol. The molecule has 1 aromatic rings. The van der Waals surface area contributed by atoms with Gasteiger partial charge < -0.3 is 5.11 Å². The Morgan fingerprint density at radius 1 is 1.50 bits per heavy atom. The summed E-state index contributed by atoms with van der Waals surface area (Å²) in [5.41, 5.74) is 0.192. The first-order chi connectivity index (χ1) is 6.54. The van der Waals surface area contributed by atoms with Gasteiger partial charge in [0.1, 0.15) is 0 Å². The fourth-order valence-electron chi connectivity index (χ4n) is 1.66. The van der Waals surface area contributed by atoms with Gasteiger partial charge in [0.05, 0.1) is 16.1 Å². The molecule has 0 bridgehead atoms. The van der Waals surface area contributed by atoms with Crippen LogP contribution in [0.4, 0.5) is 5.69 Å². The van der Waals surface area contributed by atoms with Crippen molar-refractivity contribution in [1.29, 1.82) is 0 Å². The Kier molecular flexibility index (Phi) is 1.82. The topological polar surface area (TPSA) is 63.4 Å². The summed E-state index contributed by atoms with van der Waals surface area (Å²) in [4.78, 5) is 10.4. The molecule has 0 unspecified atom stereocenters. The molecule has 4 heteroatoms. The van der Waals surface area contributed by atoms with Crippen LogP contribution in [0.1, 0.15) is 24.0 Å². The summed E-state index contributed by atoms with van der Waals surface area (Å²) in [5, 5.41) is 20.7. The van der Waals surface area contributed by atoms with E-state index in [1.807, 2.05) is 0 Å². The van der Waals surface area contributed by atoms with Crippen LogP contribution >= 0.6 is 0 Å². The Morgan fingerprint density at radius 2 is 2.14 bits per heavy atom. The Labute approximate surface area is 81.3 Å². The number of hydrogen-bond donors (Lipinski definition) is 1. The largest absolute Gasteiger partial charge is 0.385 e. The maximum absolute atomic E-state index is 10.8. The number of nitro benzene ring substituents is 1. The quantitative estimate of drug-likeness (QED) is 0.576. The van der Waals surface area contributed by atoms with Crippen LogP contribution in [0.15, 0.2) is 18.2 Å². The van der Waals surface area contributed by atoms with Gasteiger partial charge in [0.15, 0.2) is 0 Å². The van der Waals surface area contributed by atoms with Gasteiger partial charge in [-0.1, -0.05) is 12.1 Å². The highest BCUT2D eigenvalue weighted by Crippen LogP contribution is 2.49. The van der Waals surface area contributed by atoms with Gasteiger partial charge in [-0.05, 0) is 25.8 Å². The summed E-state index contributed by atoms with van der Waals surface area (Å²) >= 11 is 0. The highest BCUT2D eigenvalue weighted by Gasteiger charge is 2.46. The van der Waals surface area contributed by atoms with Gasteiger partial charge in [-0.25, -0.2) is 0 Å². The van der Waals surface area contributed by atoms with E-state index >= 15 is 0 Å². The number of para-hydroxylation sites is 1. The lowest BCUT2D eigenvalue weighted by atomic mass is 10.0. The predicted molar refractivity (Wildman–Crippen MR) is 51.0 cm³/mol. The zero-order chi connectivity index (χ0) is 10.3. The summed E-state index contributed by atoms with van der Waals surface area (Å²) < 4.78 is 0. The van der Waals surface area contributed by atoms with Gasteiger partial charge in [0.25, 0.3) is 5.69 Å². The highest BCUT2D eigenvalue weighted by atomic mass is 16.6. The van der Waals surface area contributed by atoms with Crippen molar-refractivity contribution in [1.82, 2.24) is 0 Å². The third-order valence-electron chi connectivity index (χ3n) is 2.65. The molecule has 1 fully saturated rings. The monoisotopic (exact) mass is 193 g/mol. The molecule has 0 saturated heterocycles. The number of aryl methyl sites for hydroxylation is 1. The van der Waals surface area contributed by atoms with E-state index < -0.39 is 10.5 Å². The van der Waals surface area contributed by atoms with E-state index in [0.29, 0.717) is 24.0 Å². The van der Waals surface area contributed by atoms with Crippen molar-refractivity contribution in [2.24, 2.45) is 0 Å². The maximum Gasteiger partial charge on any atom is 0.278 e. The molecule has 4 nitrogen and oxygen atoms in total. The predicted octanol–water partition coefficient (Wildman–Crippen LogP) is 1.88. The molecule has 74 valence electrons. The SMILES string of the molecule is Cc1cccc(C2(O)CC2)c1[N+](=O)[O-]. The van der Waals surface area contributed by atoms with Crippen LogP contribution < -0.4 is 0 Å². The summed E-state index contributed by atoms with van der Waals surface area (Å²) in [6, 6.07) is 5.07. The summed E-state index contributed by atoms with van der Waals surface area (Å²) in [6.45, 7) is 1.69. The van der Waals surface area contributed by atoms with Crippen molar-refractivity contribution in [2.45, 2.75) is 25.4 Å². The Morgan fingerprint density at radius 3 is 2.64 bits per heavy atom. The molecule has 1 N–H and O–H groups in total. The average Bonchev–Trinajstić information content (AvgIpc) is 2.84. The Balaban J connectivity index is 2.59. The minimum atomic E-state index is -0.936. The number of rotatable bonds is 2. The minimum absolute atomic E-state index is 0.0625. The minimum Gasteiger partial charge on any atom is -0.385 e. The zero-order valence-corrected chi connectivity index (χ0v) is 7.86.